The standard InChI is InChI=1S/C19H13F4N7O2/c1-32-17(31)12-9-13(29(27-12)11-5-3-10(20)4-6-11)14-15(19(21,22)23)28-30(16(14)24)18-25-7-2-8-26-18/h2-9H,24H2,1H3. The van der Waals surface area contributed by atoms with Crippen LogP contribution in [0.2, 0.25) is 0 Å². The van der Waals surface area contributed by atoms with Crippen molar-refractivity contribution in [2.24, 2.45) is 0 Å². The number of carbonyl (C=O) groups is 1. The first-order valence-corrected chi connectivity index (χ1v) is 8.88. The summed E-state index contributed by atoms with van der Waals surface area (Å²) in [5.74, 6) is -2.09. The average Bonchev–Trinajstić information content (AvgIpc) is 3.35. The van der Waals surface area contributed by atoms with Crippen molar-refractivity contribution in [3.63, 3.8) is 0 Å². The second-order valence-corrected chi connectivity index (χ2v) is 6.36. The van der Waals surface area contributed by atoms with Gasteiger partial charge in [0.2, 0.25) is 0 Å². The number of hydrogen-bond acceptors (Lipinski definition) is 7. The SMILES string of the molecule is COC(=O)c1cc(-c2c(C(F)(F)F)nn(-c3ncccn3)c2N)n(-c2ccc(F)cc2)n1. The first-order chi connectivity index (χ1) is 15.2. The van der Waals surface area contributed by atoms with Gasteiger partial charge in [-0.2, -0.15) is 28.1 Å². The molecule has 0 aliphatic rings. The Bertz CT molecular complexity index is 1280. The predicted molar refractivity (Wildman–Crippen MR) is 102 cm³/mol. The van der Waals surface area contributed by atoms with Crippen LogP contribution >= 0.6 is 0 Å². The number of carbonyl (C=O) groups excluding carboxylic acids is 1. The van der Waals surface area contributed by atoms with Crippen molar-refractivity contribution in [3.8, 4) is 22.9 Å². The molecule has 9 nitrogen and oxygen atoms in total. The Morgan fingerprint density at radius 2 is 1.72 bits per heavy atom. The molecule has 4 rings (SSSR count). The monoisotopic (exact) mass is 447 g/mol. The zero-order valence-corrected chi connectivity index (χ0v) is 16.2. The molecule has 0 amide bonds. The minimum Gasteiger partial charge on any atom is -0.464 e. The van der Waals surface area contributed by atoms with Crippen LogP contribution in [0.1, 0.15) is 16.2 Å². The predicted octanol–water partition coefficient (Wildman–Crippen LogP) is 3.04. The smallest absolute Gasteiger partial charge is 0.435 e. The minimum absolute atomic E-state index is 0.174. The van der Waals surface area contributed by atoms with Crippen LogP contribution in [0.15, 0.2) is 48.8 Å². The molecule has 1 aromatic carbocycles. The maximum atomic E-state index is 13.9. The van der Waals surface area contributed by atoms with Gasteiger partial charge in [0.05, 0.1) is 24.1 Å². The average molecular weight is 447 g/mol. The number of esters is 1. The summed E-state index contributed by atoms with van der Waals surface area (Å²) >= 11 is 0. The first kappa shape index (κ1) is 21.0. The van der Waals surface area contributed by atoms with E-state index in [2.05, 4.69) is 24.9 Å². The number of anilines is 1. The number of nitrogens with zero attached hydrogens (tertiary/aromatic N) is 6. The van der Waals surface area contributed by atoms with Crippen molar-refractivity contribution in [2.45, 2.75) is 6.18 Å². The molecule has 0 atom stereocenters. The summed E-state index contributed by atoms with van der Waals surface area (Å²) in [5.41, 5.74) is 3.82. The van der Waals surface area contributed by atoms with Crippen LogP contribution in [-0.2, 0) is 10.9 Å². The number of ether oxygens (including phenoxy) is 1. The highest BCUT2D eigenvalue weighted by atomic mass is 19.4. The molecule has 4 aromatic rings. The molecule has 0 aliphatic carbocycles. The van der Waals surface area contributed by atoms with Crippen LogP contribution in [0.3, 0.4) is 0 Å². The molecule has 0 spiro atoms. The van der Waals surface area contributed by atoms with E-state index in [0.717, 1.165) is 34.7 Å². The quantitative estimate of drug-likeness (QED) is 0.378. The Kier molecular flexibility index (Phi) is 5.08. The molecule has 0 fully saturated rings. The second-order valence-electron chi connectivity index (χ2n) is 6.36. The van der Waals surface area contributed by atoms with Gasteiger partial charge in [-0.3, -0.25) is 0 Å². The van der Waals surface area contributed by atoms with E-state index in [1.54, 1.807) is 0 Å². The van der Waals surface area contributed by atoms with Crippen molar-refractivity contribution in [1.82, 2.24) is 29.5 Å². The Morgan fingerprint density at radius 1 is 1.06 bits per heavy atom. The summed E-state index contributed by atoms with van der Waals surface area (Å²) in [6.45, 7) is 0. The van der Waals surface area contributed by atoms with Crippen LogP contribution in [0.25, 0.3) is 22.9 Å². The molecule has 2 N–H and O–H groups in total. The zero-order chi connectivity index (χ0) is 23.0. The third kappa shape index (κ3) is 3.64. The molecule has 0 unspecified atom stereocenters. The van der Waals surface area contributed by atoms with Crippen molar-refractivity contribution in [1.29, 1.82) is 0 Å². The van der Waals surface area contributed by atoms with Crippen LogP contribution < -0.4 is 5.73 Å². The molecule has 0 bridgehead atoms. The molecule has 3 heterocycles. The van der Waals surface area contributed by atoms with E-state index < -0.39 is 35.0 Å². The lowest BCUT2D eigenvalue weighted by molar-refractivity contribution is -0.140. The van der Waals surface area contributed by atoms with Gasteiger partial charge in [0.1, 0.15) is 11.6 Å². The van der Waals surface area contributed by atoms with E-state index in [0.29, 0.717) is 0 Å². The lowest BCUT2D eigenvalue weighted by Gasteiger charge is -2.10. The van der Waals surface area contributed by atoms with E-state index in [9.17, 15) is 22.4 Å². The van der Waals surface area contributed by atoms with E-state index in [1.807, 2.05) is 0 Å². The van der Waals surface area contributed by atoms with E-state index in [4.69, 9.17) is 5.73 Å². The Hall–Kier alpha value is -4.29. The highest BCUT2D eigenvalue weighted by molar-refractivity contribution is 5.90. The number of halogens is 4. The summed E-state index contributed by atoms with van der Waals surface area (Å²) in [6.07, 6.45) is -2.30. The van der Waals surface area contributed by atoms with Gasteiger partial charge in [-0.1, -0.05) is 0 Å². The Labute approximate surface area is 177 Å². The van der Waals surface area contributed by atoms with Gasteiger partial charge in [-0.05, 0) is 36.4 Å². The maximum Gasteiger partial charge on any atom is 0.435 e. The summed E-state index contributed by atoms with van der Waals surface area (Å²) in [6, 6.07) is 7.29. The highest BCUT2D eigenvalue weighted by Gasteiger charge is 2.41. The number of rotatable bonds is 4. The Morgan fingerprint density at radius 3 is 2.31 bits per heavy atom. The molecule has 3 aromatic heterocycles. The van der Waals surface area contributed by atoms with Gasteiger partial charge in [0.15, 0.2) is 11.4 Å². The van der Waals surface area contributed by atoms with Crippen LogP contribution in [0.5, 0.6) is 0 Å². The largest absolute Gasteiger partial charge is 0.464 e. The van der Waals surface area contributed by atoms with E-state index >= 15 is 0 Å². The number of methoxy groups -OCH3 is 1. The van der Waals surface area contributed by atoms with Gasteiger partial charge in [-0.15, -0.1) is 0 Å². The van der Waals surface area contributed by atoms with E-state index in [1.165, 1.54) is 30.6 Å². The van der Waals surface area contributed by atoms with Crippen molar-refractivity contribution in [3.05, 3.63) is 66.0 Å². The zero-order valence-electron chi connectivity index (χ0n) is 16.2. The minimum atomic E-state index is -4.92. The van der Waals surface area contributed by atoms with Crippen molar-refractivity contribution >= 4 is 11.8 Å². The summed E-state index contributed by atoms with van der Waals surface area (Å²) < 4.78 is 61.5. The van der Waals surface area contributed by atoms with Crippen molar-refractivity contribution < 1.29 is 27.1 Å². The number of hydrogen-bond donors (Lipinski definition) is 1. The Balaban J connectivity index is 2.02. The molecule has 0 saturated heterocycles. The molecule has 32 heavy (non-hydrogen) atoms. The number of nitrogens with two attached hydrogens (primary N) is 1. The van der Waals surface area contributed by atoms with Crippen LogP contribution in [0, 0.1) is 5.82 Å². The van der Waals surface area contributed by atoms with Gasteiger partial charge >= 0.3 is 12.1 Å². The van der Waals surface area contributed by atoms with Gasteiger partial charge in [0, 0.05) is 12.4 Å². The topological polar surface area (TPSA) is 114 Å². The molecular formula is C19H13F4N7O2. The molecule has 0 radical (unpaired) electrons. The van der Waals surface area contributed by atoms with Gasteiger partial charge in [0.25, 0.3) is 5.95 Å². The lowest BCUT2D eigenvalue weighted by Crippen LogP contribution is -2.10. The number of nitrogen functional groups attached to an aromatic ring is 1. The third-order valence-electron chi connectivity index (χ3n) is 4.36. The van der Waals surface area contributed by atoms with Crippen LogP contribution in [-0.4, -0.2) is 42.6 Å². The summed E-state index contributed by atoms with van der Waals surface area (Å²) in [5, 5.41) is 7.61. The number of alkyl halides is 3. The molecule has 0 aliphatic heterocycles. The fraction of sp³-hybridized carbons (Fsp3) is 0.105. The first-order valence-electron chi connectivity index (χ1n) is 8.88. The molecular weight excluding hydrogens is 434 g/mol. The summed E-state index contributed by atoms with van der Waals surface area (Å²) in [7, 11) is 1.10. The van der Waals surface area contributed by atoms with Crippen LogP contribution in [0.4, 0.5) is 23.4 Å². The fourth-order valence-electron chi connectivity index (χ4n) is 2.98. The highest BCUT2D eigenvalue weighted by Crippen LogP contribution is 2.41. The lowest BCUT2D eigenvalue weighted by atomic mass is 10.1. The van der Waals surface area contributed by atoms with Crippen molar-refractivity contribution in [2.75, 3.05) is 12.8 Å². The normalized spacial score (nSPS) is 11.5. The third-order valence-corrected chi connectivity index (χ3v) is 4.36. The molecule has 0 saturated carbocycles. The van der Waals surface area contributed by atoms with Gasteiger partial charge in [-0.25, -0.2) is 23.8 Å². The molecule has 164 valence electrons. The van der Waals surface area contributed by atoms with Gasteiger partial charge < -0.3 is 10.5 Å². The second kappa shape index (κ2) is 7.76. The number of benzene rings is 1. The maximum absolute atomic E-state index is 13.9. The molecule has 13 heteroatoms. The van der Waals surface area contributed by atoms with E-state index in [-0.39, 0.29) is 23.0 Å². The number of aromatic nitrogens is 6. The summed E-state index contributed by atoms with van der Waals surface area (Å²) in [4.78, 5) is 19.8. The fourth-order valence-corrected chi connectivity index (χ4v) is 2.98.